The maximum absolute atomic E-state index is 11.2. The van der Waals surface area contributed by atoms with Gasteiger partial charge in [0.2, 0.25) is 0 Å². The van der Waals surface area contributed by atoms with Gasteiger partial charge in [0.15, 0.2) is 0 Å². The number of ether oxygens (including phenoxy) is 2. The summed E-state index contributed by atoms with van der Waals surface area (Å²) >= 11 is 1.62. The quantitative estimate of drug-likeness (QED) is 0.526. The third-order valence-corrected chi connectivity index (χ3v) is 3.13. The smallest absolute Gasteiger partial charge is 0.330 e. The molecule has 0 N–H and O–H groups in total. The molecule has 0 aromatic rings. The van der Waals surface area contributed by atoms with E-state index >= 15 is 0 Å². The monoisotopic (exact) mass is 272 g/mol. The lowest BCUT2D eigenvalue weighted by Crippen LogP contribution is -2.28. The summed E-state index contributed by atoms with van der Waals surface area (Å²) in [6.45, 7) is 12.8. The highest BCUT2D eigenvalue weighted by molar-refractivity contribution is 8.00. The largest absolute Gasteiger partial charge is 0.459 e. The van der Waals surface area contributed by atoms with Crippen LogP contribution in [0.3, 0.4) is 0 Å². The van der Waals surface area contributed by atoms with Crippen LogP contribution in [0.4, 0.5) is 0 Å². The minimum Gasteiger partial charge on any atom is -0.459 e. The first-order chi connectivity index (χ1) is 8.28. The van der Waals surface area contributed by atoms with Gasteiger partial charge in [-0.3, -0.25) is 0 Å². The van der Waals surface area contributed by atoms with Gasteiger partial charge in [0.1, 0.15) is 12.7 Å². The van der Waals surface area contributed by atoms with Crippen LogP contribution in [-0.2, 0) is 19.1 Å². The van der Waals surface area contributed by atoms with Gasteiger partial charge >= 0.3 is 11.9 Å². The van der Waals surface area contributed by atoms with Crippen molar-refractivity contribution in [2.45, 2.75) is 31.6 Å². The lowest BCUT2D eigenvalue weighted by molar-refractivity contribution is -0.151. The van der Waals surface area contributed by atoms with Crippen molar-refractivity contribution in [3.8, 4) is 0 Å². The van der Waals surface area contributed by atoms with Crippen LogP contribution in [0.1, 0.15) is 20.8 Å². The van der Waals surface area contributed by atoms with Gasteiger partial charge < -0.3 is 9.47 Å². The van der Waals surface area contributed by atoms with Crippen molar-refractivity contribution in [1.29, 1.82) is 0 Å². The number of rotatable bonds is 7. The van der Waals surface area contributed by atoms with E-state index < -0.39 is 18.0 Å². The second-order valence-corrected chi connectivity index (χ2v) is 6.37. The predicted molar refractivity (Wildman–Crippen MR) is 73.4 cm³/mol. The Hall–Kier alpha value is -1.23. The summed E-state index contributed by atoms with van der Waals surface area (Å²) in [5.41, 5.74) is 0. The van der Waals surface area contributed by atoms with Crippen molar-refractivity contribution in [2.75, 3.05) is 12.4 Å². The number of thioether (sulfide) groups is 1. The average Bonchev–Trinajstić information content (AvgIpc) is 2.30. The Labute approximate surface area is 112 Å². The molecule has 0 aromatic heterocycles. The molecule has 0 aliphatic heterocycles. The van der Waals surface area contributed by atoms with Crippen molar-refractivity contribution in [3.05, 3.63) is 25.3 Å². The third kappa shape index (κ3) is 8.87. The molecule has 1 unspecified atom stereocenters. The number of carbonyl (C=O) groups excluding carboxylic acids is 2. The average molecular weight is 272 g/mol. The van der Waals surface area contributed by atoms with Crippen LogP contribution in [0.15, 0.2) is 25.3 Å². The zero-order chi connectivity index (χ0) is 14.2. The lowest BCUT2D eigenvalue weighted by Gasteiger charge is -2.22. The molecule has 4 nitrogen and oxygen atoms in total. The van der Waals surface area contributed by atoms with Crippen LogP contribution in [0.25, 0.3) is 0 Å². The van der Waals surface area contributed by atoms with Crippen molar-refractivity contribution in [2.24, 2.45) is 0 Å². The van der Waals surface area contributed by atoms with Gasteiger partial charge in [0.05, 0.1) is 0 Å². The van der Waals surface area contributed by atoms with Gasteiger partial charge in [0.25, 0.3) is 0 Å². The van der Waals surface area contributed by atoms with Crippen molar-refractivity contribution >= 4 is 23.7 Å². The van der Waals surface area contributed by atoms with Gasteiger partial charge in [-0.1, -0.05) is 33.9 Å². The SMILES string of the molecule is C=CC(=O)OCC(CSC(C)(C)C)OC(=O)C=C. The molecule has 0 aromatic carbocycles. The highest BCUT2D eigenvalue weighted by Crippen LogP contribution is 2.24. The highest BCUT2D eigenvalue weighted by atomic mass is 32.2. The molecule has 18 heavy (non-hydrogen) atoms. The Bertz CT molecular complexity index is 317. The molecule has 102 valence electrons. The molecule has 0 spiro atoms. The van der Waals surface area contributed by atoms with E-state index in [4.69, 9.17) is 9.47 Å². The summed E-state index contributed by atoms with van der Waals surface area (Å²) in [7, 11) is 0. The summed E-state index contributed by atoms with van der Waals surface area (Å²) in [5.74, 6) is -0.507. The summed E-state index contributed by atoms with van der Waals surface area (Å²) in [4.78, 5) is 22.1. The van der Waals surface area contributed by atoms with E-state index in [2.05, 4.69) is 33.9 Å². The fourth-order valence-electron chi connectivity index (χ4n) is 0.905. The second-order valence-electron chi connectivity index (χ2n) is 4.52. The first-order valence-corrected chi connectivity index (χ1v) is 6.53. The van der Waals surface area contributed by atoms with Crippen LogP contribution in [0, 0.1) is 0 Å². The topological polar surface area (TPSA) is 52.6 Å². The summed E-state index contributed by atoms with van der Waals surface area (Å²) < 4.78 is 10.0. The minimum absolute atomic E-state index is 0.0213. The van der Waals surface area contributed by atoms with Crippen molar-refractivity contribution in [1.82, 2.24) is 0 Å². The van der Waals surface area contributed by atoms with E-state index in [1.165, 1.54) is 0 Å². The summed E-state index contributed by atoms with van der Waals surface area (Å²) in [5, 5.41) is 0. The van der Waals surface area contributed by atoms with E-state index in [9.17, 15) is 9.59 Å². The summed E-state index contributed by atoms with van der Waals surface area (Å²) in [6.07, 6.45) is 1.68. The number of esters is 2. The van der Waals surface area contributed by atoms with Gasteiger partial charge in [-0.05, 0) is 0 Å². The van der Waals surface area contributed by atoms with Crippen LogP contribution < -0.4 is 0 Å². The Morgan fingerprint density at radius 1 is 1.22 bits per heavy atom. The molecule has 1 atom stereocenters. The Morgan fingerprint density at radius 2 is 1.78 bits per heavy atom. The van der Waals surface area contributed by atoms with Crippen LogP contribution in [0.2, 0.25) is 0 Å². The van der Waals surface area contributed by atoms with Gasteiger partial charge in [-0.15, -0.1) is 0 Å². The van der Waals surface area contributed by atoms with Crippen molar-refractivity contribution in [3.63, 3.8) is 0 Å². The molecule has 0 saturated carbocycles. The van der Waals surface area contributed by atoms with Crippen LogP contribution in [-0.4, -0.2) is 35.1 Å². The van der Waals surface area contributed by atoms with Crippen LogP contribution in [0.5, 0.6) is 0 Å². The van der Waals surface area contributed by atoms with E-state index in [1.807, 2.05) is 0 Å². The maximum Gasteiger partial charge on any atom is 0.330 e. The number of carbonyl (C=O) groups is 2. The lowest BCUT2D eigenvalue weighted by atomic mass is 10.3. The van der Waals surface area contributed by atoms with E-state index in [1.54, 1.807) is 11.8 Å². The standard InChI is InChI=1S/C13H20O4S/c1-6-11(14)16-8-10(17-12(15)7-2)9-18-13(3,4)5/h6-7,10H,1-2,8-9H2,3-5H3. The Balaban J connectivity index is 4.32. The molecule has 0 fully saturated rings. The van der Waals surface area contributed by atoms with Gasteiger partial charge in [0, 0.05) is 22.7 Å². The van der Waals surface area contributed by atoms with Crippen LogP contribution >= 0.6 is 11.8 Å². The molecule has 0 bridgehead atoms. The molecule has 0 saturated heterocycles. The molecule has 0 rings (SSSR count). The molecular formula is C13H20O4S. The first kappa shape index (κ1) is 16.8. The van der Waals surface area contributed by atoms with Gasteiger partial charge in [-0.25, -0.2) is 9.59 Å². The van der Waals surface area contributed by atoms with E-state index in [-0.39, 0.29) is 11.4 Å². The van der Waals surface area contributed by atoms with Crippen molar-refractivity contribution < 1.29 is 19.1 Å². The zero-order valence-corrected chi connectivity index (χ0v) is 11.9. The molecule has 0 heterocycles. The highest BCUT2D eigenvalue weighted by Gasteiger charge is 2.19. The van der Waals surface area contributed by atoms with E-state index in [0.717, 1.165) is 12.2 Å². The van der Waals surface area contributed by atoms with E-state index in [0.29, 0.717) is 5.75 Å². The molecule has 5 heteroatoms. The Kier molecular flexibility index (Phi) is 7.43. The predicted octanol–water partition coefficient (Wildman–Crippen LogP) is 2.35. The normalized spacial score (nSPS) is 12.4. The summed E-state index contributed by atoms with van der Waals surface area (Å²) in [6, 6.07) is 0. The number of hydrogen-bond acceptors (Lipinski definition) is 5. The third-order valence-electron chi connectivity index (χ3n) is 1.73. The first-order valence-electron chi connectivity index (χ1n) is 5.54. The second kappa shape index (κ2) is 7.97. The Morgan fingerprint density at radius 3 is 2.22 bits per heavy atom. The molecule has 0 amide bonds. The zero-order valence-electron chi connectivity index (χ0n) is 11.1. The number of hydrogen-bond donors (Lipinski definition) is 0. The minimum atomic E-state index is -0.532. The molecular weight excluding hydrogens is 252 g/mol. The fourth-order valence-corrected chi connectivity index (χ4v) is 1.76. The molecule has 0 aliphatic rings. The van der Waals surface area contributed by atoms with Gasteiger partial charge in [-0.2, -0.15) is 11.8 Å². The molecule has 0 radical (unpaired) electrons. The molecule has 0 aliphatic carbocycles. The fraction of sp³-hybridized carbons (Fsp3) is 0.538. The maximum atomic E-state index is 11.2.